The number of nitrogens with zero attached hydrogens (tertiary/aromatic N) is 4. The summed E-state index contributed by atoms with van der Waals surface area (Å²) in [6.07, 6.45) is 2.32. The van der Waals surface area contributed by atoms with E-state index in [4.69, 9.17) is 6.57 Å². The van der Waals surface area contributed by atoms with Crippen molar-refractivity contribution in [2.75, 3.05) is 0 Å². The molecule has 15 heavy (non-hydrogen) atoms. The topological polar surface area (TPSA) is 85.0 Å². The largest absolute Gasteiger partial charge is 0.517 e. The fourth-order valence-electron chi connectivity index (χ4n) is 1.20. The van der Waals surface area contributed by atoms with Gasteiger partial charge in [0.05, 0.1) is 17.7 Å². The van der Waals surface area contributed by atoms with Crippen molar-refractivity contribution in [2.24, 2.45) is 0 Å². The lowest BCUT2D eigenvalue weighted by molar-refractivity contribution is -0.384. The number of hydrogen-bond donors (Lipinski definition) is 1. The Hall–Kier alpha value is -2.62. The van der Waals surface area contributed by atoms with Crippen LogP contribution < -0.4 is 0 Å². The Kier molecular flexibility index (Phi) is 1.76. The van der Waals surface area contributed by atoms with Crippen molar-refractivity contribution in [1.82, 2.24) is 9.61 Å². The second-order valence-electron chi connectivity index (χ2n) is 2.78. The van der Waals surface area contributed by atoms with Crippen LogP contribution in [0.4, 0.5) is 11.4 Å². The zero-order valence-corrected chi connectivity index (χ0v) is 7.28. The van der Waals surface area contributed by atoms with Crippen LogP contribution in [0.25, 0.3) is 10.4 Å². The molecular formula is C8H4N4O3. The zero-order valence-electron chi connectivity index (χ0n) is 7.28. The highest BCUT2D eigenvalue weighted by Crippen LogP contribution is 2.32. The first-order valence-corrected chi connectivity index (χ1v) is 3.85. The number of rotatable bonds is 1. The third-order valence-corrected chi connectivity index (χ3v) is 1.91. The van der Waals surface area contributed by atoms with Gasteiger partial charge in [0.2, 0.25) is 5.69 Å². The molecule has 0 saturated carbocycles. The van der Waals surface area contributed by atoms with Gasteiger partial charge in [0.1, 0.15) is 11.7 Å². The summed E-state index contributed by atoms with van der Waals surface area (Å²) in [4.78, 5) is 12.9. The molecule has 0 aromatic carbocycles. The standard InChI is InChI=1S/C8H4N4O3/c1-9-6-3-10-11-4-5(12(14)15)2-7(11)8(6)13/h2-4,13H. The average molecular weight is 204 g/mol. The molecular weight excluding hydrogens is 200 g/mol. The smallest absolute Gasteiger partial charge is 0.289 e. The van der Waals surface area contributed by atoms with Crippen molar-refractivity contribution >= 4 is 16.9 Å². The van der Waals surface area contributed by atoms with E-state index < -0.39 is 4.92 Å². The van der Waals surface area contributed by atoms with Crippen molar-refractivity contribution in [3.05, 3.63) is 40.0 Å². The third kappa shape index (κ3) is 1.24. The molecule has 0 saturated heterocycles. The van der Waals surface area contributed by atoms with E-state index in [2.05, 4.69) is 9.94 Å². The van der Waals surface area contributed by atoms with E-state index >= 15 is 0 Å². The lowest BCUT2D eigenvalue weighted by Crippen LogP contribution is -1.88. The fraction of sp³-hybridized carbons (Fsp3) is 0. The number of aromatic hydroxyl groups is 1. The Labute approximate surface area is 83.2 Å². The SMILES string of the molecule is [C-]#[N+]c1cnn2cc([N+](=O)[O-])cc2c1O. The van der Waals surface area contributed by atoms with E-state index in [9.17, 15) is 15.2 Å². The van der Waals surface area contributed by atoms with Gasteiger partial charge in [0, 0.05) is 6.07 Å². The van der Waals surface area contributed by atoms with Gasteiger partial charge in [-0.05, 0) is 0 Å². The molecule has 0 aliphatic rings. The molecule has 0 aliphatic carbocycles. The van der Waals surface area contributed by atoms with Gasteiger partial charge in [0.15, 0.2) is 5.75 Å². The number of fused-ring (bicyclic) bond motifs is 1. The Morgan fingerprint density at radius 1 is 1.67 bits per heavy atom. The average Bonchev–Trinajstić information content (AvgIpc) is 2.63. The molecule has 0 unspecified atom stereocenters. The molecule has 2 heterocycles. The molecule has 0 amide bonds. The summed E-state index contributed by atoms with van der Waals surface area (Å²) >= 11 is 0. The lowest BCUT2D eigenvalue weighted by atomic mass is 10.3. The van der Waals surface area contributed by atoms with Crippen LogP contribution in [-0.4, -0.2) is 19.6 Å². The third-order valence-electron chi connectivity index (χ3n) is 1.91. The van der Waals surface area contributed by atoms with Crippen LogP contribution >= 0.6 is 0 Å². The maximum absolute atomic E-state index is 10.5. The highest BCUT2D eigenvalue weighted by atomic mass is 16.6. The molecule has 0 fully saturated rings. The Morgan fingerprint density at radius 2 is 2.40 bits per heavy atom. The van der Waals surface area contributed by atoms with Crippen LogP contribution in [0.5, 0.6) is 5.75 Å². The minimum Gasteiger partial charge on any atom is -0.517 e. The monoisotopic (exact) mass is 204 g/mol. The zero-order chi connectivity index (χ0) is 11.0. The molecule has 2 aromatic rings. The predicted molar refractivity (Wildman–Crippen MR) is 49.8 cm³/mol. The van der Waals surface area contributed by atoms with E-state index in [0.29, 0.717) is 0 Å². The van der Waals surface area contributed by atoms with Gasteiger partial charge >= 0.3 is 0 Å². The van der Waals surface area contributed by atoms with Crippen LogP contribution in [0.15, 0.2) is 18.5 Å². The number of nitro groups is 1. The molecule has 74 valence electrons. The molecule has 0 radical (unpaired) electrons. The van der Waals surface area contributed by atoms with Gasteiger partial charge in [-0.3, -0.25) is 10.1 Å². The van der Waals surface area contributed by atoms with Gasteiger partial charge in [-0.25, -0.2) is 9.36 Å². The van der Waals surface area contributed by atoms with Crippen LogP contribution in [0.2, 0.25) is 0 Å². The van der Waals surface area contributed by atoms with Crippen molar-refractivity contribution < 1.29 is 10.0 Å². The second-order valence-corrected chi connectivity index (χ2v) is 2.78. The first kappa shape index (κ1) is 8.96. The highest BCUT2D eigenvalue weighted by Gasteiger charge is 2.14. The maximum Gasteiger partial charge on any atom is 0.289 e. The van der Waals surface area contributed by atoms with E-state index in [1.807, 2.05) is 0 Å². The van der Waals surface area contributed by atoms with Crippen molar-refractivity contribution in [2.45, 2.75) is 0 Å². The summed E-state index contributed by atoms with van der Waals surface area (Å²) in [5.74, 6) is -0.298. The van der Waals surface area contributed by atoms with Crippen molar-refractivity contribution in [3.8, 4) is 5.75 Å². The summed E-state index contributed by atoms with van der Waals surface area (Å²) in [5, 5.41) is 23.8. The summed E-state index contributed by atoms with van der Waals surface area (Å²) in [7, 11) is 0. The first-order valence-electron chi connectivity index (χ1n) is 3.85. The van der Waals surface area contributed by atoms with E-state index in [1.54, 1.807) is 0 Å². The lowest BCUT2D eigenvalue weighted by Gasteiger charge is -1.97. The van der Waals surface area contributed by atoms with Gasteiger partial charge in [0.25, 0.3) is 5.69 Å². The summed E-state index contributed by atoms with van der Waals surface area (Å²) in [6.45, 7) is 6.73. The second kappa shape index (κ2) is 2.95. The fourth-order valence-corrected chi connectivity index (χ4v) is 1.20. The normalized spacial score (nSPS) is 10.1. The minimum atomic E-state index is -0.592. The Balaban J connectivity index is 2.78. The molecule has 0 spiro atoms. The molecule has 0 atom stereocenters. The minimum absolute atomic E-state index is 0.0319. The van der Waals surface area contributed by atoms with Crippen molar-refractivity contribution in [1.29, 1.82) is 0 Å². The van der Waals surface area contributed by atoms with Gasteiger partial charge in [-0.15, -0.1) is 0 Å². The van der Waals surface area contributed by atoms with Gasteiger partial charge in [-0.2, -0.15) is 5.10 Å². The number of hydrogen-bond acceptors (Lipinski definition) is 4. The number of aromatic nitrogens is 2. The molecule has 7 heteroatoms. The van der Waals surface area contributed by atoms with Crippen LogP contribution in [0.1, 0.15) is 0 Å². The molecule has 0 bridgehead atoms. The van der Waals surface area contributed by atoms with Crippen LogP contribution in [-0.2, 0) is 0 Å². The highest BCUT2D eigenvalue weighted by molar-refractivity contribution is 5.74. The van der Waals surface area contributed by atoms with Gasteiger partial charge in [-0.1, -0.05) is 0 Å². The maximum atomic E-state index is 10.5. The quantitative estimate of drug-likeness (QED) is 0.433. The van der Waals surface area contributed by atoms with Gasteiger partial charge < -0.3 is 5.11 Å². The van der Waals surface area contributed by atoms with Crippen LogP contribution in [0, 0.1) is 16.7 Å². The van der Waals surface area contributed by atoms with E-state index in [0.717, 1.165) is 16.8 Å². The Bertz CT molecular complexity index is 596. The molecule has 1 N–H and O–H groups in total. The molecule has 2 rings (SSSR count). The molecule has 7 nitrogen and oxygen atoms in total. The summed E-state index contributed by atoms with van der Waals surface area (Å²) in [6, 6.07) is 1.16. The van der Waals surface area contributed by atoms with Crippen molar-refractivity contribution in [3.63, 3.8) is 0 Å². The van der Waals surface area contributed by atoms with E-state index in [1.165, 1.54) is 6.20 Å². The summed E-state index contributed by atoms with van der Waals surface area (Å²) in [5.41, 5.74) is -0.0642. The first-order chi connectivity index (χ1) is 7.13. The van der Waals surface area contributed by atoms with E-state index in [-0.39, 0.29) is 22.6 Å². The molecule has 2 aromatic heterocycles. The van der Waals surface area contributed by atoms with Crippen LogP contribution in [0.3, 0.4) is 0 Å². The molecule has 0 aliphatic heterocycles. The summed E-state index contributed by atoms with van der Waals surface area (Å²) < 4.78 is 1.15. The predicted octanol–water partition coefficient (Wildman–Crippen LogP) is 1.50. The Morgan fingerprint density at radius 3 is 3.00 bits per heavy atom.